The van der Waals surface area contributed by atoms with Gasteiger partial charge in [-0.3, -0.25) is 14.3 Å². The molecule has 12 heteroatoms. The van der Waals surface area contributed by atoms with Gasteiger partial charge in [0.25, 0.3) is 11.8 Å². The van der Waals surface area contributed by atoms with Crippen LogP contribution in [0.15, 0.2) is 109 Å². The number of benzene rings is 4. The van der Waals surface area contributed by atoms with Crippen molar-refractivity contribution in [2.24, 2.45) is 5.92 Å². The molecular weight excluding hydrogens is 690 g/mol. The zero-order valence-electron chi connectivity index (χ0n) is 30.3. The second-order valence-corrected chi connectivity index (χ2v) is 18.2. The quantitative estimate of drug-likeness (QED) is 0.104. The van der Waals surface area contributed by atoms with Crippen LogP contribution in [0.2, 0.25) is 18.6 Å². The Morgan fingerprint density at radius 1 is 1.04 bits per heavy atom. The van der Waals surface area contributed by atoms with Gasteiger partial charge in [0.2, 0.25) is 8.41 Å². The van der Waals surface area contributed by atoms with Crippen molar-refractivity contribution in [1.29, 1.82) is 0 Å². The van der Waals surface area contributed by atoms with Gasteiger partial charge in [0.15, 0.2) is 5.60 Å². The molecule has 3 heterocycles. The van der Waals surface area contributed by atoms with Crippen LogP contribution in [0.3, 0.4) is 0 Å². The molecular formula is C41H44FN5O5Si. The first-order valence-corrected chi connectivity index (χ1v) is 20.9. The van der Waals surface area contributed by atoms with Crippen molar-refractivity contribution in [2.45, 2.75) is 62.7 Å². The maximum absolute atomic E-state index is 16.4. The molecule has 1 saturated heterocycles. The number of aliphatic hydroxyl groups is 1. The number of halogens is 1. The minimum Gasteiger partial charge on any atom is -0.497 e. The molecule has 0 saturated carbocycles. The minimum atomic E-state index is -3.40. The minimum absolute atomic E-state index is 0.116. The topological polar surface area (TPSA) is 119 Å². The first-order valence-electron chi connectivity index (χ1n) is 17.9. The standard InChI is InChI=1S/C41H44FN5O5Si/c1-27-38(53(3,4)42)37(21-22-46-25-35(44-45-46)33(26-48)29-11-7-5-8-12-29)52-41(27)34-23-32(51-2)19-20-36(34)47(40(41)50)24-28-15-17-31(18-16-28)43-39(49)30-13-9-6-10-14-30/h5-20,23,25,27,33,37-38,48H,21-22,24,26H2,1-4H3,(H,43,49)/t27-,33?,37+,38-,41+/m1/s1. The number of ether oxygens (including phenoxy) is 2. The average Bonchev–Trinajstić information content (AvgIpc) is 3.82. The van der Waals surface area contributed by atoms with E-state index in [4.69, 9.17) is 9.47 Å². The summed E-state index contributed by atoms with van der Waals surface area (Å²) in [4.78, 5) is 29.3. The van der Waals surface area contributed by atoms with E-state index in [0.717, 1.165) is 11.1 Å². The summed E-state index contributed by atoms with van der Waals surface area (Å²) in [7, 11) is -1.82. The predicted octanol–water partition coefficient (Wildman–Crippen LogP) is 7.08. The number of methoxy groups -OCH3 is 1. The molecule has 5 atom stereocenters. The number of nitrogens with zero attached hydrogens (tertiary/aromatic N) is 4. The molecule has 1 spiro atoms. The summed E-state index contributed by atoms with van der Waals surface area (Å²) in [6.45, 7) is 5.84. The fourth-order valence-electron chi connectivity index (χ4n) is 8.15. The Balaban J connectivity index is 1.14. The Labute approximate surface area is 309 Å². The Hall–Kier alpha value is -5.17. The second kappa shape index (κ2) is 14.7. The van der Waals surface area contributed by atoms with Crippen molar-refractivity contribution in [3.63, 3.8) is 0 Å². The molecule has 5 aromatic rings. The van der Waals surface area contributed by atoms with E-state index in [9.17, 15) is 14.7 Å². The van der Waals surface area contributed by atoms with Crippen molar-refractivity contribution >= 4 is 31.6 Å². The maximum atomic E-state index is 16.4. The number of nitrogens with one attached hydrogen (secondary N) is 1. The largest absolute Gasteiger partial charge is 0.497 e. The van der Waals surface area contributed by atoms with Gasteiger partial charge in [0.05, 0.1) is 43.7 Å². The molecule has 2 N–H and O–H groups in total. The molecule has 1 aromatic heterocycles. The molecule has 2 aliphatic rings. The molecule has 53 heavy (non-hydrogen) atoms. The number of aryl methyl sites for hydroxylation is 1. The van der Waals surface area contributed by atoms with Gasteiger partial charge in [-0.2, -0.15) is 0 Å². The lowest BCUT2D eigenvalue weighted by molar-refractivity contribution is -0.146. The number of carbonyl (C=O) groups excluding carboxylic acids is 2. The molecule has 2 amide bonds. The Morgan fingerprint density at radius 2 is 1.74 bits per heavy atom. The van der Waals surface area contributed by atoms with Crippen molar-refractivity contribution in [1.82, 2.24) is 15.0 Å². The van der Waals surface area contributed by atoms with Crippen molar-refractivity contribution in [3.8, 4) is 5.75 Å². The summed E-state index contributed by atoms with van der Waals surface area (Å²) in [5.74, 6) is -0.660. The Bertz CT molecular complexity index is 2070. The van der Waals surface area contributed by atoms with Crippen LogP contribution in [-0.2, 0) is 28.2 Å². The highest BCUT2D eigenvalue weighted by molar-refractivity contribution is 6.72. The molecule has 0 radical (unpaired) electrons. The summed E-state index contributed by atoms with van der Waals surface area (Å²) in [5, 5.41) is 21.8. The zero-order chi connectivity index (χ0) is 37.3. The van der Waals surface area contributed by atoms with E-state index in [0.29, 0.717) is 46.9 Å². The third-order valence-corrected chi connectivity index (χ3v) is 13.2. The second-order valence-electron chi connectivity index (χ2n) is 14.4. The molecule has 1 fully saturated rings. The van der Waals surface area contributed by atoms with Crippen LogP contribution < -0.4 is 15.0 Å². The van der Waals surface area contributed by atoms with Crippen LogP contribution in [0.4, 0.5) is 15.5 Å². The van der Waals surface area contributed by atoms with Crippen LogP contribution >= 0.6 is 0 Å². The first kappa shape index (κ1) is 36.2. The molecule has 0 bridgehead atoms. The van der Waals surface area contributed by atoms with Crippen LogP contribution in [-0.4, -0.2) is 60.1 Å². The van der Waals surface area contributed by atoms with E-state index in [-0.39, 0.29) is 30.9 Å². The number of fused-ring (bicyclic) bond motifs is 2. The van der Waals surface area contributed by atoms with Crippen molar-refractivity contribution in [3.05, 3.63) is 137 Å². The molecule has 4 aromatic carbocycles. The smallest absolute Gasteiger partial charge is 0.264 e. The van der Waals surface area contributed by atoms with E-state index < -0.39 is 31.6 Å². The summed E-state index contributed by atoms with van der Waals surface area (Å²) in [5.41, 5.74) is 3.08. The summed E-state index contributed by atoms with van der Waals surface area (Å²) in [6, 6.07) is 31.6. The number of aromatic nitrogens is 3. The molecule has 274 valence electrons. The number of anilines is 2. The van der Waals surface area contributed by atoms with Gasteiger partial charge in [-0.15, -0.1) is 5.10 Å². The molecule has 0 aliphatic carbocycles. The lowest BCUT2D eigenvalue weighted by Gasteiger charge is -2.31. The number of carbonyl (C=O) groups is 2. The van der Waals surface area contributed by atoms with Crippen LogP contribution in [0.1, 0.15) is 52.0 Å². The van der Waals surface area contributed by atoms with E-state index in [1.54, 1.807) is 41.9 Å². The zero-order valence-corrected chi connectivity index (χ0v) is 31.3. The fourth-order valence-corrected chi connectivity index (χ4v) is 10.7. The summed E-state index contributed by atoms with van der Waals surface area (Å²) in [6.07, 6.45) is 1.66. The number of hydrogen-bond donors (Lipinski definition) is 2. The van der Waals surface area contributed by atoms with Gasteiger partial charge in [-0.05, 0) is 73.1 Å². The van der Waals surface area contributed by atoms with Crippen molar-refractivity contribution in [2.75, 3.05) is 23.9 Å². The normalized spacial score (nSPS) is 21.5. The number of hydrogen-bond acceptors (Lipinski definition) is 7. The van der Waals surface area contributed by atoms with Gasteiger partial charge < -0.3 is 28.9 Å². The number of aliphatic hydroxyl groups excluding tert-OH is 1. The van der Waals surface area contributed by atoms with Crippen LogP contribution in [0.5, 0.6) is 5.75 Å². The highest BCUT2D eigenvalue weighted by atomic mass is 28.4. The molecule has 10 nitrogen and oxygen atoms in total. The third-order valence-electron chi connectivity index (χ3n) is 10.7. The molecule has 2 aliphatic heterocycles. The van der Waals surface area contributed by atoms with E-state index in [1.807, 2.05) is 104 Å². The van der Waals surface area contributed by atoms with Gasteiger partial charge >= 0.3 is 0 Å². The average molecular weight is 734 g/mol. The monoisotopic (exact) mass is 733 g/mol. The van der Waals surface area contributed by atoms with Gasteiger partial charge in [-0.1, -0.05) is 72.8 Å². The van der Waals surface area contributed by atoms with E-state index >= 15 is 4.11 Å². The fraction of sp³-hybridized carbons (Fsp3) is 0.317. The van der Waals surface area contributed by atoms with Crippen LogP contribution in [0, 0.1) is 5.92 Å². The first-order chi connectivity index (χ1) is 25.5. The lowest BCUT2D eigenvalue weighted by Crippen LogP contribution is -2.45. The van der Waals surface area contributed by atoms with Gasteiger partial charge in [0, 0.05) is 41.0 Å². The summed E-state index contributed by atoms with van der Waals surface area (Å²) < 4.78 is 30.7. The highest BCUT2D eigenvalue weighted by Crippen LogP contribution is 2.60. The molecule has 1 unspecified atom stereocenters. The number of amides is 2. The predicted molar refractivity (Wildman–Crippen MR) is 203 cm³/mol. The number of rotatable bonds is 12. The van der Waals surface area contributed by atoms with E-state index in [1.165, 1.54) is 0 Å². The van der Waals surface area contributed by atoms with Crippen molar-refractivity contribution < 1.29 is 28.3 Å². The lowest BCUT2D eigenvalue weighted by atomic mass is 9.82. The Kier molecular flexibility index (Phi) is 10.0. The van der Waals surface area contributed by atoms with Gasteiger partial charge in [0.1, 0.15) is 5.75 Å². The highest BCUT2D eigenvalue weighted by Gasteiger charge is 2.66. The Morgan fingerprint density at radius 3 is 2.40 bits per heavy atom. The molecule has 7 rings (SSSR count). The van der Waals surface area contributed by atoms with Crippen LogP contribution in [0.25, 0.3) is 0 Å². The summed E-state index contributed by atoms with van der Waals surface area (Å²) >= 11 is 0. The SMILES string of the molecule is COc1ccc2c(c1)[C@]1(O[C@@H](CCn3cc(C(CO)c4ccccc4)nn3)[C@H]([Si](C)(C)F)[C@H]1C)C(=O)N2Cc1ccc(NC(=O)c2ccccc2)cc1. The maximum Gasteiger partial charge on any atom is 0.264 e. The third kappa shape index (κ3) is 6.89. The van der Waals surface area contributed by atoms with Gasteiger partial charge in [-0.25, -0.2) is 0 Å². The van der Waals surface area contributed by atoms with E-state index in [2.05, 4.69) is 15.6 Å².